The van der Waals surface area contributed by atoms with Gasteiger partial charge in [0.1, 0.15) is 6.33 Å². The van der Waals surface area contributed by atoms with Crippen LogP contribution >= 0.6 is 0 Å². The van der Waals surface area contributed by atoms with Crippen LogP contribution in [0.3, 0.4) is 0 Å². The molecule has 2 heterocycles. The van der Waals surface area contributed by atoms with Crippen LogP contribution in [0.4, 0.5) is 0 Å². The first-order valence-electron chi connectivity index (χ1n) is 6.96. The molecule has 0 radical (unpaired) electrons. The number of nitrogens with zero attached hydrogens (tertiary/aromatic N) is 4. The number of hydrogen-bond acceptors (Lipinski definition) is 4. The van der Waals surface area contributed by atoms with Crippen LogP contribution in [0.2, 0.25) is 0 Å². The Kier molecular flexibility index (Phi) is 4.36. The predicted octanol–water partition coefficient (Wildman–Crippen LogP) is 0.171. The van der Waals surface area contributed by atoms with Crippen molar-refractivity contribution in [3.8, 4) is 0 Å². The largest absolute Gasteiger partial charge is 0.348 e. The fourth-order valence-electron chi connectivity index (χ4n) is 2.40. The van der Waals surface area contributed by atoms with Gasteiger partial charge >= 0.3 is 0 Å². The summed E-state index contributed by atoms with van der Waals surface area (Å²) in [5.74, 6) is 0.429. The van der Waals surface area contributed by atoms with E-state index in [4.69, 9.17) is 0 Å². The molecule has 1 aliphatic heterocycles. The average molecular weight is 279 g/mol. The van der Waals surface area contributed by atoms with E-state index in [0.717, 1.165) is 12.4 Å². The van der Waals surface area contributed by atoms with E-state index in [1.807, 2.05) is 25.3 Å². The summed E-state index contributed by atoms with van der Waals surface area (Å²) < 4.78 is 1.88. The third kappa shape index (κ3) is 2.97. The fraction of sp³-hybridized carbons (Fsp3) is 0.692. The Labute approximate surface area is 118 Å². The van der Waals surface area contributed by atoms with Crippen molar-refractivity contribution in [2.75, 3.05) is 6.54 Å². The molecule has 1 saturated heterocycles. The van der Waals surface area contributed by atoms with Gasteiger partial charge in [0.25, 0.3) is 0 Å². The van der Waals surface area contributed by atoms with Crippen molar-refractivity contribution in [3.63, 3.8) is 0 Å². The number of aromatic nitrogens is 3. The van der Waals surface area contributed by atoms with Gasteiger partial charge in [-0.15, -0.1) is 10.2 Å². The summed E-state index contributed by atoms with van der Waals surface area (Å²) in [7, 11) is 0. The lowest BCUT2D eigenvalue weighted by atomic mass is 10.1. The molecule has 0 aliphatic carbocycles. The second kappa shape index (κ2) is 6.02. The summed E-state index contributed by atoms with van der Waals surface area (Å²) >= 11 is 0. The number of carbonyl (C=O) groups is 2. The molecular formula is C13H21N5O2. The molecule has 0 bridgehead atoms. The molecule has 1 aromatic rings. The van der Waals surface area contributed by atoms with E-state index in [9.17, 15) is 9.59 Å². The average Bonchev–Trinajstić information content (AvgIpc) is 3.01. The van der Waals surface area contributed by atoms with E-state index in [2.05, 4.69) is 15.5 Å². The van der Waals surface area contributed by atoms with Crippen LogP contribution in [-0.2, 0) is 22.7 Å². The van der Waals surface area contributed by atoms with E-state index in [-0.39, 0.29) is 23.8 Å². The van der Waals surface area contributed by atoms with Crippen molar-refractivity contribution in [2.24, 2.45) is 5.92 Å². The zero-order valence-corrected chi connectivity index (χ0v) is 12.2. The van der Waals surface area contributed by atoms with Gasteiger partial charge in [0.05, 0.1) is 12.5 Å². The van der Waals surface area contributed by atoms with Gasteiger partial charge in [0.15, 0.2) is 5.82 Å². The van der Waals surface area contributed by atoms with E-state index in [0.29, 0.717) is 19.5 Å². The molecule has 110 valence electrons. The molecule has 2 rings (SSSR count). The van der Waals surface area contributed by atoms with E-state index in [1.165, 1.54) is 0 Å². The van der Waals surface area contributed by atoms with Gasteiger partial charge in [-0.25, -0.2) is 0 Å². The van der Waals surface area contributed by atoms with Gasteiger partial charge in [-0.3, -0.25) is 9.59 Å². The highest BCUT2D eigenvalue weighted by Crippen LogP contribution is 2.20. The van der Waals surface area contributed by atoms with Crippen molar-refractivity contribution in [1.82, 2.24) is 25.0 Å². The van der Waals surface area contributed by atoms with Crippen LogP contribution in [0.15, 0.2) is 6.33 Å². The van der Waals surface area contributed by atoms with E-state index in [1.54, 1.807) is 11.2 Å². The first kappa shape index (κ1) is 14.5. The Balaban J connectivity index is 1.89. The zero-order chi connectivity index (χ0) is 14.7. The Morgan fingerprint density at radius 1 is 1.55 bits per heavy atom. The number of aryl methyl sites for hydroxylation is 1. The Bertz CT molecular complexity index is 497. The number of likely N-dealkylation sites (tertiary alicyclic amines) is 1. The summed E-state index contributed by atoms with van der Waals surface area (Å²) in [5, 5.41) is 10.6. The normalized spacial score (nSPS) is 18.9. The Hall–Kier alpha value is -1.92. The maximum Gasteiger partial charge on any atom is 0.225 e. The van der Waals surface area contributed by atoms with Crippen LogP contribution in [0.1, 0.15) is 33.0 Å². The third-order valence-corrected chi connectivity index (χ3v) is 3.61. The molecule has 1 fully saturated rings. The molecule has 0 spiro atoms. The molecule has 1 aromatic heterocycles. The highest BCUT2D eigenvalue weighted by molar-refractivity contribution is 5.89. The SMILES string of the molecule is CCn1cnnc1CNC(=O)[C@H]1CC(=O)N(C(C)C)C1. The lowest BCUT2D eigenvalue weighted by Gasteiger charge is -2.20. The zero-order valence-electron chi connectivity index (χ0n) is 12.2. The van der Waals surface area contributed by atoms with Crippen LogP contribution < -0.4 is 5.32 Å². The van der Waals surface area contributed by atoms with Crippen molar-refractivity contribution in [2.45, 2.75) is 46.3 Å². The van der Waals surface area contributed by atoms with Crippen molar-refractivity contribution >= 4 is 11.8 Å². The lowest BCUT2D eigenvalue weighted by Crippen LogP contribution is -2.35. The van der Waals surface area contributed by atoms with Gasteiger partial charge in [-0.2, -0.15) is 0 Å². The van der Waals surface area contributed by atoms with Crippen molar-refractivity contribution in [1.29, 1.82) is 0 Å². The summed E-state index contributed by atoms with van der Waals surface area (Å²) in [5.41, 5.74) is 0. The molecule has 1 N–H and O–H groups in total. The van der Waals surface area contributed by atoms with E-state index < -0.39 is 0 Å². The van der Waals surface area contributed by atoms with Crippen LogP contribution in [-0.4, -0.2) is 44.1 Å². The highest BCUT2D eigenvalue weighted by atomic mass is 16.2. The summed E-state index contributed by atoms with van der Waals surface area (Å²) in [4.78, 5) is 25.6. The molecule has 0 aromatic carbocycles. The standard InChI is InChI=1S/C13H21N5O2/c1-4-17-8-15-16-11(17)6-14-13(20)10-5-12(19)18(7-10)9(2)3/h8-10H,4-7H2,1-3H3,(H,14,20)/t10-/m0/s1. The summed E-state index contributed by atoms with van der Waals surface area (Å²) in [6, 6.07) is 0.142. The molecule has 1 aliphatic rings. The smallest absolute Gasteiger partial charge is 0.225 e. The molecule has 1 atom stereocenters. The minimum atomic E-state index is -0.261. The van der Waals surface area contributed by atoms with E-state index >= 15 is 0 Å². The molecule has 20 heavy (non-hydrogen) atoms. The minimum Gasteiger partial charge on any atom is -0.348 e. The van der Waals surface area contributed by atoms with Crippen LogP contribution in [0.5, 0.6) is 0 Å². The number of nitrogens with one attached hydrogen (secondary N) is 1. The Morgan fingerprint density at radius 2 is 2.30 bits per heavy atom. The third-order valence-electron chi connectivity index (χ3n) is 3.61. The summed E-state index contributed by atoms with van der Waals surface area (Å²) in [6.45, 7) is 7.53. The van der Waals surface area contributed by atoms with Gasteiger partial charge in [-0.05, 0) is 20.8 Å². The number of hydrogen-bond donors (Lipinski definition) is 1. The second-order valence-electron chi connectivity index (χ2n) is 5.29. The fourth-order valence-corrected chi connectivity index (χ4v) is 2.40. The highest BCUT2D eigenvalue weighted by Gasteiger charge is 2.35. The maximum atomic E-state index is 12.1. The molecule has 0 saturated carbocycles. The lowest BCUT2D eigenvalue weighted by molar-refractivity contribution is -0.130. The number of amides is 2. The second-order valence-corrected chi connectivity index (χ2v) is 5.29. The Morgan fingerprint density at radius 3 is 2.90 bits per heavy atom. The first-order valence-corrected chi connectivity index (χ1v) is 6.96. The molecule has 0 unspecified atom stereocenters. The predicted molar refractivity (Wildman–Crippen MR) is 72.5 cm³/mol. The van der Waals surface area contributed by atoms with Gasteiger partial charge in [0.2, 0.25) is 11.8 Å². The van der Waals surface area contributed by atoms with Crippen LogP contribution in [0, 0.1) is 5.92 Å². The molecule has 2 amide bonds. The molecule has 7 nitrogen and oxygen atoms in total. The van der Waals surface area contributed by atoms with Gasteiger partial charge in [-0.1, -0.05) is 0 Å². The number of rotatable bonds is 5. The minimum absolute atomic E-state index is 0.0527. The molecular weight excluding hydrogens is 258 g/mol. The van der Waals surface area contributed by atoms with Gasteiger partial charge in [0, 0.05) is 25.6 Å². The quantitative estimate of drug-likeness (QED) is 0.833. The summed E-state index contributed by atoms with van der Waals surface area (Å²) in [6.07, 6.45) is 1.94. The molecule has 7 heteroatoms. The van der Waals surface area contributed by atoms with Crippen LogP contribution in [0.25, 0.3) is 0 Å². The maximum absolute atomic E-state index is 12.1. The number of carbonyl (C=O) groups excluding carboxylic acids is 2. The first-order chi connectivity index (χ1) is 9.52. The van der Waals surface area contributed by atoms with Gasteiger partial charge < -0.3 is 14.8 Å². The monoisotopic (exact) mass is 279 g/mol. The van der Waals surface area contributed by atoms with Crippen molar-refractivity contribution < 1.29 is 9.59 Å². The topological polar surface area (TPSA) is 80.1 Å². The van der Waals surface area contributed by atoms with Crippen molar-refractivity contribution in [3.05, 3.63) is 12.2 Å².